The third-order valence-electron chi connectivity index (χ3n) is 4.39. The van der Waals surface area contributed by atoms with E-state index in [2.05, 4.69) is 0 Å². The molecule has 0 N–H and O–H groups in total. The molecule has 0 aromatic rings. The Morgan fingerprint density at radius 3 is 0.692 bits per heavy atom. The molecule has 0 aliphatic rings. The largest absolute Gasteiger partial charge is 1.00 e. The molecule has 0 heterocycles. The molecule has 0 rings (SSSR count). The van der Waals surface area contributed by atoms with Gasteiger partial charge in [0.2, 0.25) is 0 Å². The van der Waals surface area contributed by atoms with Gasteiger partial charge in [0.25, 0.3) is 0 Å². The summed E-state index contributed by atoms with van der Waals surface area (Å²) in [6.45, 7) is -1.50. The molecule has 0 unspecified atom stereocenters. The maximum absolute atomic E-state index is 13.5. The predicted octanol–water partition coefficient (Wildman–Crippen LogP) is 3.50. The standard InChI is InChI=1S/C12H4F22O3S.Na/c1-2(13,14)3(15,16)4(17,18)5(19,20)6(21,22)7(23,24)8(25,26)9(27,28)10(29,30)11(31,32)12(33,34)38(35,36)37;/h1H3,(H,35,36,37);/q;+1/p-1. The summed E-state index contributed by atoms with van der Waals surface area (Å²) in [4.78, 5) is 0. The van der Waals surface area contributed by atoms with Crippen molar-refractivity contribution in [2.75, 3.05) is 0 Å². The van der Waals surface area contributed by atoms with Crippen molar-refractivity contribution in [2.24, 2.45) is 0 Å². The van der Waals surface area contributed by atoms with E-state index in [4.69, 9.17) is 0 Å². The second-order valence-corrected chi connectivity index (χ2v) is 8.45. The topological polar surface area (TPSA) is 57.2 Å². The average Bonchev–Trinajstić information content (AvgIpc) is 2.64. The van der Waals surface area contributed by atoms with E-state index >= 15 is 0 Å². The van der Waals surface area contributed by atoms with Crippen molar-refractivity contribution in [3.8, 4) is 0 Å². The molecule has 0 aromatic heterocycles. The first-order valence-electron chi connectivity index (χ1n) is 7.86. The quantitative estimate of drug-likeness (QED) is 0.193. The first kappa shape index (κ1) is 40.5. The molecule has 27 heteroatoms. The van der Waals surface area contributed by atoms with E-state index in [1.54, 1.807) is 0 Å². The Morgan fingerprint density at radius 2 is 0.538 bits per heavy atom. The molecule has 0 spiro atoms. The first-order chi connectivity index (χ1) is 15.8. The number of rotatable bonds is 11. The van der Waals surface area contributed by atoms with Gasteiger partial charge in [-0.15, -0.1) is 0 Å². The minimum atomic E-state index is -9.48. The van der Waals surface area contributed by atoms with Gasteiger partial charge >= 0.3 is 94.0 Å². The van der Waals surface area contributed by atoms with Gasteiger partial charge in [0.15, 0.2) is 10.1 Å². The summed E-state index contributed by atoms with van der Waals surface area (Å²) in [6, 6.07) is 0. The molecule has 0 atom stereocenters. The molecule has 0 aromatic carbocycles. The fraction of sp³-hybridized carbons (Fsp3) is 1.00. The number of halogens is 22. The van der Waals surface area contributed by atoms with Crippen LogP contribution in [0.4, 0.5) is 96.6 Å². The van der Waals surface area contributed by atoms with Gasteiger partial charge in [-0.05, 0) is 0 Å². The molecule has 230 valence electrons. The van der Waals surface area contributed by atoms with Crippen LogP contribution < -0.4 is 29.6 Å². The molecule has 0 aliphatic heterocycles. The van der Waals surface area contributed by atoms with Crippen LogP contribution in [0, 0.1) is 0 Å². The summed E-state index contributed by atoms with van der Waals surface area (Å²) < 4.78 is 320. The van der Waals surface area contributed by atoms with E-state index in [0.29, 0.717) is 0 Å². The summed E-state index contributed by atoms with van der Waals surface area (Å²) in [6.07, 6.45) is 0. The van der Waals surface area contributed by atoms with Crippen LogP contribution >= 0.6 is 0 Å². The Bertz CT molecular complexity index is 1010. The SMILES string of the molecule is CC(F)(F)C(F)(F)C(F)(F)C(F)(F)C(F)(F)C(F)(F)C(F)(F)C(F)(F)C(F)(F)C(F)(F)C(F)(F)S(=O)(=O)[O-].[Na+]. The van der Waals surface area contributed by atoms with Gasteiger partial charge in [-0.25, -0.2) is 8.42 Å². The maximum Gasteiger partial charge on any atom is 1.00 e. The molecule has 3 nitrogen and oxygen atoms in total. The third-order valence-corrected chi connectivity index (χ3v) is 5.27. The average molecular weight is 668 g/mol. The Balaban J connectivity index is 0. The molecule has 0 saturated carbocycles. The van der Waals surface area contributed by atoms with Gasteiger partial charge in [0, 0.05) is 6.92 Å². The Kier molecular flexibility index (Phi) is 10.1. The molecule has 39 heavy (non-hydrogen) atoms. The van der Waals surface area contributed by atoms with Gasteiger partial charge in [-0.1, -0.05) is 0 Å². The van der Waals surface area contributed by atoms with Crippen LogP contribution in [0.3, 0.4) is 0 Å². The summed E-state index contributed by atoms with van der Waals surface area (Å²) in [5, 5.41) is -8.22. The smallest absolute Gasteiger partial charge is 0.743 e. The molecular formula is C12H3F22NaO3S. The molecular weight excluding hydrogens is 665 g/mol. The van der Waals surface area contributed by atoms with E-state index in [0.717, 1.165) is 0 Å². The van der Waals surface area contributed by atoms with E-state index in [1.165, 1.54) is 0 Å². The van der Waals surface area contributed by atoms with E-state index in [9.17, 15) is 110 Å². The monoisotopic (exact) mass is 668 g/mol. The van der Waals surface area contributed by atoms with Crippen molar-refractivity contribution in [3.05, 3.63) is 0 Å². The van der Waals surface area contributed by atoms with Crippen molar-refractivity contribution in [3.63, 3.8) is 0 Å². The van der Waals surface area contributed by atoms with Crippen molar-refractivity contribution >= 4 is 10.1 Å². The Labute approximate surface area is 220 Å². The molecule has 0 bridgehead atoms. The van der Waals surface area contributed by atoms with Crippen molar-refractivity contribution < 1.29 is 139 Å². The minimum absolute atomic E-state index is 0. The van der Waals surface area contributed by atoms with Crippen molar-refractivity contribution in [2.45, 2.75) is 71.4 Å². The van der Waals surface area contributed by atoms with Gasteiger partial charge in [-0.2, -0.15) is 96.6 Å². The Morgan fingerprint density at radius 1 is 0.385 bits per heavy atom. The van der Waals surface area contributed by atoms with Crippen LogP contribution in [0.25, 0.3) is 0 Å². The fourth-order valence-electron chi connectivity index (χ4n) is 2.00. The second kappa shape index (κ2) is 9.70. The van der Waals surface area contributed by atoms with E-state index in [-0.39, 0.29) is 29.6 Å². The van der Waals surface area contributed by atoms with Crippen LogP contribution in [-0.4, -0.2) is 77.5 Å². The summed E-state index contributed by atoms with van der Waals surface area (Å²) in [5.74, 6) is -88.2. The summed E-state index contributed by atoms with van der Waals surface area (Å²) >= 11 is 0. The van der Waals surface area contributed by atoms with Gasteiger partial charge in [0.1, 0.15) is 0 Å². The van der Waals surface area contributed by atoms with Gasteiger partial charge < -0.3 is 4.55 Å². The Hall–Kier alpha value is -0.630. The van der Waals surface area contributed by atoms with Crippen LogP contribution in [0.2, 0.25) is 0 Å². The first-order valence-corrected chi connectivity index (χ1v) is 9.27. The number of hydrogen-bond donors (Lipinski definition) is 0. The predicted molar refractivity (Wildman–Crippen MR) is 69.8 cm³/mol. The zero-order chi connectivity index (χ0) is 32.0. The fourth-order valence-corrected chi connectivity index (χ4v) is 2.44. The van der Waals surface area contributed by atoms with E-state index in [1.807, 2.05) is 0 Å². The van der Waals surface area contributed by atoms with E-state index < -0.39 is 81.5 Å². The normalized spacial score (nSPS) is 16.7. The molecule has 0 aliphatic carbocycles. The van der Waals surface area contributed by atoms with Crippen LogP contribution in [0.1, 0.15) is 6.92 Å². The number of hydrogen-bond acceptors (Lipinski definition) is 3. The zero-order valence-corrected chi connectivity index (χ0v) is 20.3. The van der Waals surface area contributed by atoms with Crippen molar-refractivity contribution in [1.82, 2.24) is 0 Å². The molecule has 0 radical (unpaired) electrons. The summed E-state index contributed by atoms with van der Waals surface area (Å²) in [5.41, 5.74) is 0. The van der Waals surface area contributed by atoms with Crippen molar-refractivity contribution in [1.29, 1.82) is 0 Å². The van der Waals surface area contributed by atoms with Gasteiger partial charge in [-0.3, -0.25) is 0 Å². The third kappa shape index (κ3) is 4.83. The maximum atomic E-state index is 13.5. The second-order valence-electron chi connectivity index (χ2n) is 7.03. The number of alkyl halides is 22. The van der Waals surface area contributed by atoms with Crippen LogP contribution in [0.15, 0.2) is 0 Å². The van der Waals surface area contributed by atoms with Crippen LogP contribution in [0.5, 0.6) is 0 Å². The van der Waals surface area contributed by atoms with Gasteiger partial charge in [0.05, 0.1) is 0 Å². The summed E-state index contributed by atoms with van der Waals surface area (Å²) in [7, 11) is -8.39. The van der Waals surface area contributed by atoms with Crippen LogP contribution in [-0.2, 0) is 10.1 Å². The molecule has 0 saturated heterocycles. The minimum Gasteiger partial charge on any atom is -0.743 e. The zero-order valence-electron chi connectivity index (χ0n) is 17.4. The molecule has 0 amide bonds. The molecule has 0 fully saturated rings.